The van der Waals surface area contributed by atoms with Crippen LogP contribution in [0.1, 0.15) is 16.7 Å². The van der Waals surface area contributed by atoms with E-state index in [-0.39, 0.29) is 11.4 Å². The minimum Gasteiger partial charge on any atom is -0.496 e. The van der Waals surface area contributed by atoms with Crippen molar-refractivity contribution in [3.05, 3.63) is 121 Å². The van der Waals surface area contributed by atoms with Crippen LogP contribution < -0.4 is 15.0 Å². The lowest BCUT2D eigenvalue weighted by molar-refractivity contribution is 0.304. The summed E-state index contributed by atoms with van der Waals surface area (Å²) in [5, 5.41) is 6.13. The zero-order chi connectivity index (χ0) is 28.5. The first-order chi connectivity index (χ1) is 19.9. The molecular weight excluding hydrogens is 606 g/mol. The van der Waals surface area contributed by atoms with Gasteiger partial charge in [-0.1, -0.05) is 59.6 Å². The van der Waals surface area contributed by atoms with Gasteiger partial charge in [-0.25, -0.2) is 4.98 Å². The van der Waals surface area contributed by atoms with Gasteiger partial charge < -0.3 is 13.9 Å². The van der Waals surface area contributed by atoms with Crippen molar-refractivity contribution in [2.75, 3.05) is 7.11 Å². The lowest BCUT2D eigenvalue weighted by Gasteiger charge is -2.11. The van der Waals surface area contributed by atoms with Crippen molar-refractivity contribution in [3.63, 3.8) is 0 Å². The van der Waals surface area contributed by atoms with Gasteiger partial charge in [0.15, 0.2) is 11.5 Å². The highest BCUT2D eigenvalue weighted by atomic mass is 79.9. The molecule has 0 atom stereocenters. The summed E-state index contributed by atoms with van der Waals surface area (Å²) in [4.78, 5) is 18.3. The Hall–Kier alpha value is -4.40. The van der Waals surface area contributed by atoms with E-state index in [4.69, 9.17) is 30.5 Å². The first-order valence-corrected chi connectivity index (χ1v) is 13.9. The van der Waals surface area contributed by atoms with E-state index < -0.39 is 0 Å². The summed E-state index contributed by atoms with van der Waals surface area (Å²) in [5.41, 5.74) is 3.67. The Balaban J connectivity index is 1.38. The number of halogens is 2. The number of rotatable bonds is 7. The maximum absolute atomic E-state index is 13.6. The van der Waals surface area contributed by atoms with Crippen LogP contribution in [0.15, 0.2) is 104 Å². The van der Waals surface area contributed by atoms with E-state index in [1.54, 1.807) is 43.7 Å². The topological polar surface area (TPSA) is 78.9 Å². The Labute approximate surface area is 248 Å². The van der Waals surface area contributed by atoms with Crippen LogP contribution in [-0.4, -0.2) is 23.0 Å². The number of aryl methyl sites for hydroxylation is 1. The Kier molecular flexibility index (Phi) is 7.34. The van der Waals surface area contributed by atoms with Gasteiger partial charge in [-0.15, -0.1) is 0 Å². The number of ether oxygens (including phenoxy) is 2. The van der Waals surface area contributed by atoms with Crippen molar-refractivity contribution < 1.29 is 13.9 Å². The van der Waals surface area contributed by atoms with Gasteiger partial charge in [0.1, 0.15) is 17.9 Å². The molecular formula is C32H23BrClN3O4. The van der Waals surface area contributed by atoms with E-state index in [0.717, 1.165) is 10.9 Å². The van der Waals surface area contributed by atoms with Gasteiger partial charge in [-0.2, -0.15) is 9.78 Å². The van der Waals surface area contributed by atoms with Crippen molar-refractivity contribution in [1.82, 2.24) is 9.66 Å². The van der Waals surface area contributed by atoms with Crippen LogP contribution in [0.25, 0.3) is 33.5 Å². The molecule has 2 aromatic heterocycles. The molecule has 0 unspecified atom stereocenters. The van der Waals surface area contributed by atoms with Gasteiger partial charge in [0.25, 0.3) is 5.56 Å². The number of hydrogen-bond acceptors (Lipinski definition) is 6. The first-order valence-electron chi connectivity index (χ1n) is 12.7. The van der Waals surface area contributed by atoms with E-state index in [9.17, 15) is 4.79 Å². The van der Waals surface area contributed by atoms with Crippen molar-refractivity contribution in [2.24, 2.45) is 5.10 Å². The van der Waals surface area contributed by atoms with Gasteiger partial charge in [0.05, 0.1) is 39.1 Å². The maximum Gasteiger partial charge on any atom is 0.282 e. The predicted molar refractivity (Wildman–Crippen MR) is 165 cm³/mol. The molecule has 0 N–H and O–H groups in total. The molecule has 0 aliphatic heterocycles. The monoisotopic (exact) mass is 627 g/mol. The fourth-order valence-corrected chi connectivity index (χ4v) is 5.46. The first kappa shape index (κ1) is 26.8. The number of methoxy groups -OCH3 is 1. The summed E-state index contributed by atoms with van der Waals surface area (Å²) in [5.74, 6) is 1.81. The Bertz CT molecular complexity index is 1970. The smallest absolute Gasteiger partial charge is 0.282 e. The lowest BCUT2D eigenvalue weighted by Crippen LogP contribution is -2.20. The average molecular weight is 629 g/mol. The molecule has 7 nitrogen and oxygen atoms in total. The molecule has 0 aliphatic carbocycles. The number of hydrogen-bond donors (Lipinski definition) is 0. The fraction of sp³-hybridized carbons (Fsp3) is 0.0938. The standard InChI is InChI=1S/C32H23BrClN3O4/c1-19-10-12-20(13-11-19)18-40-30-24(33)14-21(15-25(30)34)17-35-37-31(36-26-7-4-3-6-22(26)32(37)38)29-16-23-27(39-2)8-5-9-28(23)41-29/h3-17H,18H2,1-2H3. The van der Waals surface area contributed by atoms with Crippen molar-refractivity contribution in [1.29, 1.82) is 0 Å². The van der Waals surface area contributed by atoms with E-state index in [1.807, 2.05) is 61.5 Å². The molecule has 0 bridgehead atoms. The fourth-order valence-electron chi connectivity index (χ4n) is 4.47. The minimum absolute atomic E-state index is 0.256. The molecule has 9 heteroatoms. The normalized spacial score (nSPS) is 11.5. The summed E-state index contributed by atoms with van der Waals surface area (Å²) in [7, 11) is 1.60. The average Bonchev–Trinajstić information content (AvgIpc) is 3.42. The SMILES string of the molecule is COc1cccc2oc(-c3nc4ccccc4c(=O)n3N=Cc3cc(Cl)c(OCc4ccc(C)cc4)c(Br)c3)cc12. The summed E-state index contributed by atoms with van der Waals surface area (Å²) >= 11 is 10.2. The molecule has 41 heavy (non-hydrogen) atoms. The highest BCUT2D eigenvalue weighted by molar-refractivity contribution is 9.10. The quantitative estimate of drug-likeness (QED) is 0.167. The highest BCUT2D eigenvalue weighted by Crippen LogP contribution is 2.35. The van der Waals surface area contributed by atoms with Gasteiger partial charge in [0.2, 0.25) is 5.82 Å². The second-order valence-corrected chi connectivity index (χ2v) is 10.6. The Morgan fingerprint density at radius 3 is 2.61 bits per heavy atom. The second kappa shape index (κ2) is 11.2. The van der Waals surface area contributed by atoms with Crippen molar-refractivity contribution >= 4 is 55.6 Å². The summed E-state index contributed by atoms with van der Waals surface area (Å²) in [6.07, 6.45) is 1.55. The zero-order valence-corrected chi connectivity index (χ0v) is 24.4. The summed E-state index contributed by atoms with van der Waals surface area (Å²) in [6, 6.07) is 26.1. The van der Waals surface area contributed by atoms with Gasteiger partial charge in [-0.3, -0.25) is 4.79 Å². The number of para-hydroxylation sites is 1. The molecule has 6 rings (SSSR count). The number of aromatic nitrogens is 2. The van der Waals surface area contributed by atoms with Crippen LogP contribution in [0.5, 0.6) is 11.5 Å². The maximum atomic E-state index is 13.6. The summed E-state index contributed by atoms with van der Waals surface area (Å²) < 4.78 is 19.5. The molecule has 0 saturated carbocycles. The molecule has 2 heterocycles. The molecule has 0 spiro atoms. The lowest BCUT2D eigenvalue weighted by atomic mass is 10.2. The second-order valence-electron chi connectivity index (χ2n) is 9.38. The van der Waals surface area contributed by atoms with Gasteiger partial charge >= 0.3 is 0 Å². The molecule has 0 aliphatic rings. The largest absolute Gasteiger partial charge is 0.496 e. The van der Waals surface area contributed by atoms with E-state index in [1.165, 1.54) is 10.2 Å². The van der Waals surface area contributed by atoms with Crippen molar-refractivity contribution in [3.8, 4) is 23.1 Å². The number of nitrogens with zero attached hydrogens (tertiary/aromatic N) is 3. The third kappa shape index (κ3) is 5.36. The van der Waals surface area contributed by atoms with Crippen LogP contribution in [-0.2, 0) is 6.61 Å². The third-order valence-corrected chi connectivity index (χ3v) is 7.43. The van der Waals surface area contributed by atoms with E-state index in [0.29, 0.717) is 55.4 Å². The minimum atomic E-state index is -0.336. The molecule has 6 aromatic rings. The molecule has 0 amide bonds. The van der Waals surface area contributed by atoms with Gasteiger partial charge in [-0.05, 0) is 76.4 Å². The molecule has 0 radical (unpaired) electrons. The van der Waals surface area contributed by atoms with Crippen LogP contribution in [0.3, 0.4) is 0 Å². The highest BCUT2D eigenvalue weighted by Gasteiger charge is 2.18. The van der Waals surface area contributed by atoms with Crippen LogP contribution in [0, 0.1) is 6.92 Å². The molecule has 204 valence electrons. The van der Waals surface area contributed by atoms with E-state index >= 15 is 0 Å². The molecule has 0 fully saturated rings. The van der Waals surface area contributed by atoms with Gasteiger partial charge in [0, 0.05) is 0 Å². The van der Waals surface area contributed by atoms with Crippen LogP contribution >= 0.6 is 27.5 Å². The Morgan fingerprint density at radius 2 is 1.83 bits per heavy atom. The molecule has 4 aromatic carbocycles. The predicted octanol–water partition coefficient (Wildman–Crippen LogP) is 8.00. The van der Waals surface area contributed by atoms with Crippen LogP contribution in [0.4, 0.5) is 0 Å². The Morgan fingerprint density at radius 1 is 1.02 bits per heavy atom. The number of furan rings is 1. The van der Waals surface area contributed by atoms with E-state index in [2.05, 4.69) is 21.0 Å². The third-order valence-electron chi connectivity index (χ3n) is 6.56. The van der Waals surface area contributed by atoms with Crippen molar-refractivity contribution in [2.45, 2.75) is 13.5 Å². The number of benzene rings is 4. The molecule has 0 saturated heterocycles. The zero-order valence-electron chi connectivity index (χ0n) is 22.1. The summed E-state index contributed by atoms with van der Waals surface area (Å²) in [6.45, 7) is 2.41. The van der Waals surface area contributed by atoms with Crippen LogP contribution in [0.2, 0.25) is 5.02 Å². The number of fused-ring (bicyclic) bond motifs is 2.